The predicted octanol–water partition coefficient (Wildman–Crippen LogP) is 2.88. The second-order valence-electron chi connectivity index (χ2n) is 8.97. The molecule has 1 atom stereocenters. The largest absolute Gasteiger partial charge is 0.454 e. The summed E-state index contributed by atoms with van der Waals surface area (Å²) in [5.41, 5.74) is -1.65. The van der Waals surface area contributed by atoms with Gasteiger partial charge in [0, 0.05) is 32.1 Å². The molecular formula is C24H22F3N3O5S. The quantitative estimate of drug-likeness (QED) is 0.613. The topological polar surface area (TPSA) is 91.7 Å². The lowest BCUT2D eigenvalue weighted by Crippen LogP contribution is -2.49. The minimum absolute atomic E-state index is 0.0112. The Morgan fingerprint density at radius 3 is 2.67 bits per heavy atom. The second kappa shape index (κ2) is 9.00. The summed E-state index contributed by atoms with van der Waals surface area (Å²) >= 11 is 5.28. The van der Waals surface area contributed by atoms with Crippen LogP contribution in [0.15, 0.2) is 52.9 Å². The van der Waals surface area contributed by atoms with Crippen LogP contribution in [0, 0.1) is 5.92 Å². The first-order valence-corrected chi connectivity index (χ1v) is 11.8. The minimum atomic E-state index is -4.51. The van der Waals surface area contributed by atoms with Crippen molar-refractivity contribution in [1.29, 1.82) is 0 Å². The van der Waals surface area contributed by atoms with E-state index in [4.69, 9.17) is 21.7 Å². The molecule has 1 aromatic rings. The fraction of sp³-hybridized carbons (Fsp3) is 0.417. The van der Waals surface area contributed by atoms with Gasteiger partial charge >= 0.3 is 6.18 Å². The third kappa shape index (κ3) is 4.50. The van der Waals surface area contributed by atoms with Gasteiger partial charge in [0.05, 0.1) is 16.9 Å². The Bertz CT molecular complexity index is 1220. The van der Waals surface area contributed by atoms with Gasteiger partial charge in [-0.25, -0.2) is 4.99 Å². The molecule has 5 rings (SSSR count). The zero-order valence-electron chi connectivity index (χ0n) is 19.0. The Labute approximate surface area is 209 Å². The maximum Gasteiger partial charge on any atom is 0.416 e. The van der Waals surface area contributed by atoms with Gasteiger partial charge in [0.1, 0.15) is 5.92 Å². The third-order valence-corrected chi connectivity index (χ3v) is 7.11. The van der Waals surface area contributed by atoms with Crippen molar-refractivity contribution >= 4 is 34.9 Å². The summed E-state index contributed by atoms with van der Waals surface area (Å²) in [7, 11) is 0. The average molecular weight is 522 g/mol. The molecule has 12 heteroatoms. The summed E-state index contributed by atoms with van der Waals surface area (Å²) in [6.45, 7) is 0.445. The first-order valence-electron chi connectivity index (χ1n) is 11.4. The molecule has 2 amide bonds. The number of carbonyl (C=O) groups is 2. The van der Waals surface area contributed by atoms with Crippen LogP contribution < -0.4 is 0 Å². The Hall–Kier alpha value is -3.25. The molecule has 1 aliphatic carbocycles. The number of thiocarbonyl (C=S) groups is 1. The Morgan fingerprint density at radius 2 is 1.94 bits per heavy atom. The first-order chi connectivity index (χ1) is 17.0. The van der Waals surface area contributed by atoms with E-state index in [-0.39, 0.29) is 68.2 Å². The highest BCUT2D eigenvalue weighted by molar-refractivity contribution is 7.80. The number of halogens is 3. The van der Waals surface area contributed by atoms with Gasteiger partial charge in [-0.3, -0.25) is 14.5 Å². The molecular weight excluding hydrogens is 499 g/mol. The Morgan fingerprint density at radius 1 is 1.22 bits per heavy atom. The number of amides is 2. The monoisotopic (exact) mass is 521 g/mol. The fourth-order valence-corrected chi connectivity index (χ4v) is 4.99. The maximum absolute atomic E-state index is 13.1. The summed E-state index contributed by atoms with van der Waals surface area (Å²) in [5, 5.41) is 11.1. The van der Waals surface area contributed by atoms with Gasteiger partial charge in [0.25, 0.3) is 0 Å². The smallest absolute Gasteiger partial charge is 0.416 e. The molecule has 0 saturated carbocycles. The van der Waals surface area contributed by atoms with E-state index >= 15 is 0 Å². The minimum Gasteiger partial charge on any atom is -0.454 e. The van der Waals surface area contributed by atoms with E-state index in [1.54, 1.807) is 12.2 Å². The van der Waals surface area contributed by atoms with Crippen molar-refractivity contribution in [3.05, 3.63) is 59.1 Å². The number of allylic oxidation sites excluding steroid dienone is 1. The molecule has 190 valence electrons. The number of rotatable bonds is 4. The highest BCUT2D eigenvalue weighted by Crippen LogP contribution is 2.37. The van der Waals surface area contributed by atoms with Crippen LogP contribution in [0.3, 0.4) is 0 Å². The standard InChI is InChI=1S/C24H22F3N3O5S/c25-24(26,27)15-3-1-2-14(10-15)23(33)5-8-29(9-6-23)20(31)4-7-30-21(32)16-11-18-19(35-13-34-18)12-17(16)28-22(30)36/h1-3,10-12,16,33H,4-9,13H2. The van der Waals surface area contributed by atoms with Crippen molar-refractivity contribution in [2.45, 2.75) is 31.0 Å². The molecule has 2 saturated heterocycles. The number of fused-ring (bicyclic) bond motifs is 2. The van der Waals surface area contributed by atoms with Gasteiger partial charge in [0.15, 0.2) is 11.5 Å². The number of aliphatic imine (C=N–C) groups is 1. The molecule has 4 aliphatic rings. The summed E-state index contributed by atoms with van der Waals surface area (Å²) < 4.78 is 49.9. The van der Waals surface area contributed by atoms with Crippen LogP contribution in [0.4, 0.5) is 13.2 Å². The lowest BCUT2D eigenvalue weighted by molar-refractivity contribution is -0.137. The summed E-state index contributed by atoms with van der Waals surface area (Å²) in [6, 6.07) is 4.64. The molecule has 1 aromatic carbocycles. The van der Waals surface area contributed by atoms with E-state index in [1.165, 1.54) is 21.9 Å². The molecule has 2 fully saturated rings. The Balaban J connectivity index is 1.19. The summed E-state index contributed by atoms with van der Waals surface area (Å²) in [4.78, 5) is 33.0. The molecule has 0 bridgehead atoms. The van der Waals surface area contributed by atoms with E-state index in [9.17, 15) is 27.9 Å². The van der Waals surface area contributed by atoms with Crippen molar-refractivity contribution in [1.82, 2.24) is 9.80 Å². The van der Waals surface area contributed by atoms with Gasteiger partial charge < -0.3 is 19.5 Å². The lowest BCUT2D eigenvalue weighted by Gasteiger charge is -2.39. The van der Waals surface area contributed by atoms with Gasteiger partial charge in [-0.15, -0.1) is 0 Å². The van der Waals surface area contributed by atoms with E-state index < -0.39 is 23.3 Å². The normalized spacial score (nSPS) is 23.1. The van der Waals surface area contributed by atoms with Crippen LogP contribution in [0.1, 0.15) is 30.4 Å². The van der Waals surface area contributed by atoms with Crippen LogP contribution in [-0.2, 0) is 30.8 Å². The second-order valence-corrected chi connectivity index (χ2v) is 9.34. The number of ether oxygens (including phenoxy) is 2. The molecule has 0 radical (unpaired) electrons. The summed E-state index contributed by atoms with van der Waals surface area (Å²) in [6.07, 6.45) is -1.08. The van der Waals surface area contributed by atoms with E-state index in [0.29, 0.717) is 17.2 Å². The van der Waals surface area contributed by atoms with Crippen LogP contribution in [0.2, 0.25) is 0 Å². The molecule has 0 spiro atoms. The molecule has 0 aromatic heterocycles. The van der Waals surface area contributed by atoms with Gasteiger partial charge in [0.2, 0.25) is 23.7 Å². The van der Waals surface area contributed by atoms with Crippen molar-refractivity contribution in [2.24, 2.45) is 10.9 Å². The molecule has 36 heavy (non-hydrogen) atoms. The average Bonchev–Trinajstić information content (AvgIpc) is 3.30. The van der Waals surface area contributed by atoms with Gasteiger partial charge in [-0.2, -0.15) is 13.2 Å². The predicted molar refractivity (Wildman–Crippen MR) is 124 cm³/mol. The molecule has 3 heterocycles. The van der Waals surface area contributed by atoms with Crippen molar-refractivity contribution in [3.63, 3.8) is 0 Å². The van der Waals surface area contributed by atoms with Crippen molar-refractivity contribution < 1.29 is 37.3 Å². The lowest BCUT2D eigenvalue weighted by atomic mass is 9.83. The zero-order chi connectivity index (χ0) is 25.7. The number of aliphatic hydroxyl groups is 1. The fourth-order valence-electron chi connectivity index (χ4n) is 4.71. The number of likely N-dealkylation sites (tertiary alicyclic amines) is 1. The van der Waals surface area contributed by atoms with Crippen molar-refractivity contribution in [2.75, 3.05) is 26.4 Å². The Kier molecular flexibility index (Phi) is 6.11. The first kappa shape index (κ1) is 24.4. The number of hydrogen-bond acceptors (Lipinski definition) is 6. The SMILES string of the molecule is O=C(CCN1C(=O)C2C=C3OCOC3=CC2=NC1=S)N1CCC(O)(c2cccc(C(F)(F)F)c2)CC1. The van der Waals surface area contributed by atoms with E-state index in [0.717, 1.165) is 12.1 Å². The maximum atomic E-state index is 13.1. The number of piperidine rings is 1. The van der Waals surface area contributed by atoms with E-state index in [2.05, 4.69) is 4.99 Å². The highest BCUT2D eigenvalue weighted by Gasteiger charge is 2.40. The third-order valence-electron chi connectivity index (χ3n) is 6.79. The van der Waals surface area contributed by atoms with Gasteiger partial charge in [-0.1, -0.05) is 12.1 Å². The van der Waals surface area contributed by atoms with E-state index in [1.807, 2.05) is 0 Å². The van der Waals surface area contributed by atoms with Gasteiger partial charge in [-0.05, 0) is 48.8 Å². The summed E-state index contributed by atoms with van der Waals surface area (Å²) in [5.74, 6) is -0.265. The molecule has 8 nitrogen and oxygen atoms in total. The number of nitrogens with zero attached hydrogens (tertiary/aromatic N) is 3. The highest BCUT2D eigenvalue weighted by atomic mass is 32.1. The number of alkyl halides is 3. The number of benzene rings is 1. The molecule has 1 N–H and O–H groups in total. The molecule has 1 unspecified atom stereocenters. The van der Waals surface area contributed by atoms with Crippen molar-refractivity contribution in [3.8, 4) is 0 Å². The zero-order valence-corrected chi connectivity index (χ0v) is 19.8. The van der Waals surface area contributed by atoms with Crippen LogP contribution in [-0.4, -0.2) is 64.0 Å². The number of hydrogen-bond donors (Lipinski definition) is 1. The van der Waals surface area contributed by atoms with Crippen LogP contribution in [0.5, 0.6) is 0 Å². The molecule has 3 aliphatic heterocycles. The van der Waals surface area contributed by atoms with Crippen LogP contribution in [0.25, 0.3) is 0 Å². The van der Waals surface area contributed by atoms with Crippen LogP contribution >= 0.6 is 12.2 Å². The number of carbonyl (C=O) groups excluding carboxylic acids is 2.